The molecule has 2 amide bonds. The molecule has 2 aromatic carbocycles. The summed E-state index contributed by atoms with van der Waals surface area (Å²) in [5.74, 6) is 0.406. The Kier molecular flexibility index (Phi) is 8.04. The number of fused-ring (bicyclic) bond motifs is 1. The van der Waals surface area contributed by atoms with E-state index in [1.165, 1.54) is 7.11 Å². The molecule has 0 aliphatic carbocycles. The van der Waals surface area contributed by atoms with E-state index in [-0.39, 0.29) is 24.2 Å². The Morgan fingerprint density at radius 1 is 1.06 bits per heavy atom. The van der Waals surface area contributed by atoms with Crippen LogP contribution in [0, 0.1) is 0 Å². The molecule has 1 N–H and O–H groups in total. The molecule has 3 rings (SSSR count). The highest BCUT2D eigenvalue weighted by atomic mass is 16.5. The van der Waals surface area contributed by atoms with Crippen LogP contribution < -0.4 is 10.1 Å². The molecule has 7 heteroatoms. The van der Waals surface area contributed by atoms with Crippen molar-refractivity contribution in [2.24, 2.45) is 0 Å². The van der Waals surface area contributed by atoms with E-state index in [4.69, 9.17) is 9.47 Å². The molecular formula is C24H28N2O5. The minimum atomic E-state index is -0.335. The van der Waals surface area contributed by atoms with Gasteiger partial charge >= 0.3 is 5.97 Å². The van der Waals surface area contributed by atoms with Crippen LogP contribution in [-0.2, 0) is 32.1 Å². The molecule has 0 spiro atoms. The number of nitrogens with one attached hydrogen (secondary N) is 1. The second-order valence-corrected chi connectivity index (χ2v) is 7.45. The Bertz CT molecular complexity index is 913. The van der Waals surface area contributed by atoms with Gasteiger partial charge in [0, 0.05) is 31.6 Å². The highest BCUT2D eigenvalue weighted by Crippen LogP contribution is 2.26. The van der Waals surface area contributed by atoms with E-state index in [9.17, 15) is 14.4 Å². The van der Waals surface area contributed by atoms with E-state index in [2.05, 4.69) is 5.32 Å². The Morgan fingerprint density at radius 2 is 1.87 bits per heavy atom. The van der Waals surface area contributed by atoms with Crippen molar-refractivity contribution in [2.45, 2.75) is 38.6 Å². The molecule has 31 heavy (non-hydrogen) atoms. The van der Waals surface area contributed by atoms with Crippen LogP contribution in [0.2, 0.25) is 0 Å². The molecule has 0 saturated carbocycles. The Morgan fingerprint density at radius 3 is 2.65 bits per heavy atom. The number of aryl methyl sites for hydroxylation is 1. The lowest BCUT2D eigenvalue weighted by Crippen LogP contribution is -2.32. The quantitative estimate of drug-likeness (QED) is 0.467. The van der Waals surface area contributed by atoms with Gasteiger partial charge in [-0.15, -0.1) is 0 Å². The monoisotopic (exact) mass is 424 g/mol. The van der Waals surface area contributed by atoms with Gasteiger partial charge in [-0.05, 0) is 42.2 Å². The molecule has 0 unspecified atom stereocenters. The molecule has 0 atom stereocenters. The molecule has 1 heterocycles. The summed E-state index contributed by atoms with van der Waals surface area (Å²) in [7, 11) is 1.34. The van der Waals surface area contributed by atoms with Crippen molar-refractivity contribution >= 4 is 23.5 Å². The maximum atomic E-state index is 12.8. The third-order valence-corrected chi connectivity index (χ3v) is 5.16. The van der Waals surface area contributed by atoms with Crippen molar-refractivity contribution < 1.29 is 23.9 Å². The summed E-state index contributed by atoms with van der Waals surface area (Å²) in [5.41, 5.74) is 2.91. The van der Waals surface area contributed by atoms with Gasteiger partial charge in [-0.3, -0.25) is 14.4 Å². The lowest BCUT2D eigenvalue weighted by atomic mass is 10.0. The zero-order valence-electron chi connectivity index (χ0n) is 17.8. The van der Waals surface area contributed by atoms with Gasteiger partial charge < -0.3 is 19.7 Å². The lowest BCUT2D eigenvalue weighted by molar-refractivity contribution is -0.142. The number of amides is 2. The largest absolute Gasteiger partial charge is 0.494 e. The predicted octanol–water partition coefficient (Wildman–Crippen LogP) is 3.32. The molecule has 0 fully saturated rings. The number of hydrogen-bond donors (Lipinski definition) is 1. The maximum Gasteiger partial charge on any atom is 0.307 e. The number of carbonyl (C=O) groups excluding carboxylic acids is 3. The van der Waals surface area contributed by atoms with Gasteiger partial charge in [0.25, 0.3) is 0 Å². The van der Waals surface area contributed by atoms with Crippen LogP contribution in [0.5, 0.6) is 5.75 Å². The number of ether oxygens (including phenoxy) is 2. The van der Waals surface area contributed by atoms with Crippen LogP contribution in [0.3, 0.4) is 0 Å². The molecule has 0 radical (unpaired) electrons. The Labute approximate surface area is 182 Å². The summed E-state index contributed by atoms with van der Waals surface area (Å²) >= 11 is 0. The summed E-state index contributed by atoms with van der Waals surface area (Å²) in [6.07, 6.45) is 2.24. The van der Waals surface area contributed by atoms with E-state index in [0.717, 1.165) is 22.6 Å². The van der Waals surface area contributed by atoms with E-state index < -0.39 is 0 Å². The highest BCUT2D eigenvalue weighted by molar-refractivity contribution is 5.94. The molecule has 0 aromatic heterocycles. The van der Waals surface area contributed by atoms with Gasteiger partial charge in [0.05, 0.1) is 20.1 Å². The average molecular weight is 424 g/mol. The van der Waals surface area contributed by atoms with Gasteiger partial charge in [-0.2, -0.15) is 0 Å². The van der Waals surface area contributed by atoms with E-state index in [0.29, 0.717) is 45.4 Å². The number of esters is 1. The van der Waals surface area contributed by atoms with E-state index in [1.807, 2.05) is 48.5 Å². The fourth-order valence-electron chi connectivity index (χ4n) is 3.45. The standard InChI is InChI=1S/C24H28N2O5/c1-30-24(29)13-14-26(17-18-6-3-2-4-7-18)23(28)8-5-15-31-20-10-11-21-19(16-20)9-12-22(27)25-21/h2-4,6-7,10-11,16H,5,8-9,12-15,17H2,1H3,(H,25,27). The van der Waals surface area contributed by atoms with Crippen LogP contribution in [0.1, 0.15) is 36.8 Å². The third kappa shape index (κ3) is 6.84. The summed E-state index contributed by atoms with van der Waals surface area (Å²) in [6, 6.07) is 15.3. The molecular weight excluding hydrogens is 396 g/mol. The SMILES string of the molecule is COC(=O)CCN(Cc1ccccc1)C(=O)CCCOc1ccc2c(c1)CCC(=O)N2. The smallest absolute Gasteiger partial charge is 0.307 e. The third-order valence-electron chi connectivity index (χ3n) is 5.16. The molecule has 164 valence electrons. The maximum absolute atomic E-state index is 12.8. The van der Waals surface area contributed by atoms with Gasteiger partial charge in [0.15, 0.2) is 0 Å². The zero-order chi connectivity index (χ0) is 22.1. The normalized spacial score (nSPS) is 12.5. The number of hydrogen-bond acceptors (Lipinski definition) is 5. The number of anilines is 1. The number of nitrogens with zero attached hydrogens (tertiary/aromatic N) is 1. The molecule has 1 aliphatic rings. The number of methoxy groups -OCH3 is 1. The van der Waals surface area contributed by atoms with Crippen LogP contribution in [0.4, 0.5) is 5.69 Å². The van der Waals surface area contributed by atoms with E-state index >= 15 is 0 Å². The number of carbonyl (C=O) groups is 3. The van der Waals surface area contributed by atoms with Crippen LogP contribution in [-0.4, -0.2) is 42.9 Å². The molecule has 0 saturated heterocycles. The molecule has 2 aromatic rings. The van der Waals surface area contributed by atoms with Crippen molar-refractivity contribution in [1.82, 2.24) is 4.90 Å². The second kappa shape index (κ2) is 11.2. The summed E-state index contributed by atoms with van der Waals surface area (Å²) in [4.78, 5) is 37.4. The first kappa shape index (κ1) is 22.3. The van der Waals surface area contributed by atoms with Gasteiger partial charge in [-0.1, -0.05) is 30.3 Å². The number of rotatable bonds is 10. The topological polar surface area (TPSA) is 84.9 Å². The van der Waals surface area contributed by atoms with Crippen molar-refractivity contribution in [3.8, 4) is 5.75 Å². The van der Waals surface area contributed by atoms with Gasteiger partial charge in [0.2, 0.25) is 11.8 Å². The Balaban J connectivity index is 1.49. The van der Waals surface area contributed by atoms with Crippen molar-refractivity contribution in [3.63, 3.8) is 0 Å². The summed E-state index contributed by atoms with van der Waals surface area (Å²) in [6.45, 7) is 1.18. The van der Waals surface area contributed by atoms with Crippen molar-refractivity contribution in [3.05, 3.63) is 59.7 Å². The second-order valence-electron chi connectivity index (χ2n) is 7.45. The number of benzene rings is 2. The van der Waals surface area contributed by atoms with Crippen LogP contribution >= 0.6 is 0 Å². The Hall–Kier alpha value is -3.35. The average Bonchev–Trinajstić information content (AvgIpc) is 2.79. The van der Waals surface area contributed by atoms with Crippen LogP contribution in [0.25, 0.3) is 0 Å². The fraction of sp³-hybridized carbons (Fsp3) is 0.375. The minimum Gasteiger partial charge on any atom is -0.494 e. The van der Waals surface area contributed by atoms with Gasteiger partial charge in [-0.25, -0.2) is 0 Å². The molecule has 1 aliphatic heterocycles. The first-order valence-corrected chi connectivity index (χ1v) is 10.5. The first-order chi connectivity index (χ1) is 15.0. The summed E-state index contributed by atoms with van der Waals surface area (Å²) < 4.78 is 10.5. The van der Waals surface area contributed by atoms with Crippen LogP contribution in [0.15, 0.2) is 48.5 Å². The molecule has 0 bridgehead atoms. The zero-order valence-corrected chi connectivity index (χ0v) is 17.8. The lowest BCUT2D eigenvalue weighted by Gasteiger charge is -2.22. The molecule has 7 nitrogen and oxygen atoms in total. The van der Waals surface area contributed by atoms with Crippen molar-refractivity contribution in [2.75, 3.05) is 25.6 Å². The highest BCUT2D eigenvalue weighted by Gasteiger charge is 2.17. The first-order valence-electron chi connectivity index (χ1n) is 10.5. The minimum absolute atomic E-state index is 0.0236. The summed E-state index contributed by atoms with van der Waals surface area (Å²) in [5, 5.41) is 2.85. The van der Waals surface area contributed by atoms with E-state index in [1.54, 1.807) is 4.90 Å². The predicted molar refractivity (Wildman–Crippen MR) is 117 cm³/mol. The van der Waals surface area contributed by atoms with Gasteiger partial charge in [0.1, 0.15) is 5.75 Å². The fourth-order valence-corrected chi connectivity index (χ4v) is 3.45. The van der Waals surface area contributed by atoms with Crippen molar-refractivity contribution in [1.29, 1.82) is 0 Å².